The summed E-state index contributed by atoms with van der Waals surface area (Å²) in [5.41, 5.74) is 0.805. The highest BCUT2D eigenvalue weighted by molar-refractivity contribution is 5.48. The van der Waals surface area contributed by atoms with Crippen molar-refractivity contribution in [3.05, 3.63) is 52.6 Å². The number of benzene rings is 1. The van der Waals surface area contributed by atoms with Crippen LogP contribution in [0.5, 0.6) is 5.75 Å². The highest BCUT2D eigenvalue weighted by Crippen LogP contribution is 2.27. The van der Waals surface area contributed by atoms with E-state index >= 15 is 0 Å². The van der Waals surface area contributed by atoms with E-state index in [1.165, 1.54) is 6.07 Å². The number of imidazole rings is 1. The van der Waals surface area contributed by atoms with Gasteiger partial charge in [0, 0.05) is 25.0 Å². The Morgan fingerprint density at radius 2 is 2.19 bits per heavy atom. The van der Waals surface area contributed by atoms with E-state index in [0.29, 0.717) is 19.8 Å². The lowest BCUT2D eigenvalue weighted by molar-refractivity contribution is -0.385. The van der Waals surface area contributed by atoms with Crippen LogP contribution in [-0.2, 0) is 11.3 Å². The highest BCUT2D eigenvalue weighted by Gasteiger charge is 2.14. The first-order valence-corrected chi connectivity index (χ1v) is 6.58. The van der Waals surface area contributed by atoms with Gasteiger partial charge >= 0.3 is 5.69 Å². The number of nitrogens with zero attached hydrogens (tertiary/aromatic N) is 3. The number of rotatable bonds is 8. The first kappa shape index (κ1) is 15.0. The maximum absolute atomic E-state index is 10.9. The Morgan fingerprint density at radius 1 is 1.33 bits per heavy atom. The molecule has 2 rings (SSSR count). The van der Waals surface area contributed by atoms with Gasteiger partial charge in [0.25, 0.3) is 0 Å². The normalized spacial score (nSPS) is 10.5. The van der Waals surface area contributed by atoms with Gasteiger partial charge < -0.3 is 14.0 Å². The van der Waals surface area contributed by atoms with Gasteiger partial charge in [-0.3, -0.25) is 10.1 Å². The van der Waals surface area contributed by atoms with Crippen LogP contribution in [-0.4, -0.2) is 34.3 Å². The smallest absolute Gasteiger partial charge is 0.311 e. The monoisotopic (exact) mass is 291 g/mol. The Kier molecular flexibility index (Phi) is 5.28. The standard InChI is InChI=1S/C14H17N3O4/c1-12-2-3-14(13(10-12)17(18)19)21-9-8-20-7-6-16-5-4-15-11-16/h2-5,10-11H,6-9H2,1H3. The number of aromatic nitrogens is 2. The van der Waals surface area contributed by atoms with Gasteiger partial charge in [0.05, 0.1) is 24.5 Å². The Balaban J connectivity index is 1.72. The zero-order valence-corrected chi connectivity index (χ0v) is 11.8. The summed E-state index contributed by atoms with van der Waals surface area (Å²) in [6.45, 7) is 3.70. The molecule has 0 bridgehead atoms. The van der Waals surface area contributed by atoms with Crippen molar-refractivity contribution in [3.63, 3.8) is 0 Å². The molecule has 0 N–H and O–H groups in total. The molecule has 0 aliphatic rings. The molecule has 0 unspecified atom stereocenters. The molecule has 7 nitrogen and oxygen atoms in total. The first-order chi connectivity index (χ1) is 10.2. The van der Waals surface area contributed by atoms with Crippen molar-refractivity contribution in [2.45, 2.75) is 13.5 Å². The number of aryl methyl sites for hydroxylation is 1. The largest absolute Gasteiger partial charge is 0.484 e. The zero-order chi connectivity index (χ0) is 15.1. The third kappa shape index (κ3) is 4.57. The van der Waals surface area contributed by atoms with Crippen LogP contribution in [0.2, 0.25) is 0 Å². The molecule has 0 atom stereocenters. The predicted molar refractivity (Wildman–Crippen MR) is 76.4 cm³/mol. The molecule has 1 aromatic heterocycles. The lowest BCUT2D eigenvalue weighted by Gasteiger charge is -2.08. The Morgan fingerprint density at radius 3 is 2.90 bits per heavy atom. The summed E-state index contributed by atoms with van der Waals surface area (Å²) in [5.74, 6) is 0.267. The third-order valence-corrected chi connectivity index (χ3v) is 2.85. The third-order valence-electron chi connectivity index (χ3n) is 2.85. The fourth-order valence-corrected chi connectivity index (χ4v) is 1.79. The van der Waals surface area contributed by atoms with Gasteiger partial charge in [-0.15, -0.1) is 0 Å². The summed E-state index contributed by atoms with van der Waals surface area (Å²) in [6.07, 6.45) is 5.28. The molecule has 21 heavy (non-hydrogen) atoms. The molecule has 0 saturated heterocycles. The van der Waals surface area contributed by atoms with Crippen molar-refractivity contribution in [3.8, 4) is 5.75 Å². The van der Waals surface area contributed by atoms with E-state index in [1.54, 1.807) is 31.6 Å². The SMILES string of the molecule is Cc1ccc(OCCOCCn2ccnc2)c([N+](=O)[O-])c1. The Hall–Kier alpha value is -2.41. The van der Waals surface area contributed by atoms with Crippen LogP contribution in [0.3, 0.4) is 0 Å². The minimum Gasteiger partial charge on any atom is -0.484 e. The van der Waals surface area contributed by atoms with Crippen molar-refractivity contribution in [2.75, 3.05) is 19.8 Å². The molecule has 0 saturated carbocycles. The molecular weight excluding hydrogens is 274 g/mol. The van der Waals surface area contributed by atoms with Crippen LogP contribution in [0.15, 0.2) is 36.9 Å². The highest BCUT2D eigenvalue weighted by atomic mass is 16.6. The minimum absolute atomic E-state index is 0.0200. The first-order valence-electron chi connectivity index (χ1n) is 6.58. The average Bonchev–Trinajstić information content (AvgIpc) is 2.97. The van der Waals surface area contributed by atoms with Crippen LogP contribution in [0.4, 0.5) is 5.69 Å². The van der Waals surface area contributed by atoms with Gasteiger partial charge in [-0.1, -0.05) is 6.07 Å². The second-order valence-electron chi connectivity index (χ2n) is 4.49. The van der Waals surface area contributed by atoms with Crippen LogP contribution >= 0.6 is 0 Å². The van der Waals surface area contributed by atoms with Crippen LogP contribution < -0.4 is 4.74 Å². The molecule has 1 heterocycles. The van der Waals surface area contributed by atoms with Crippen molar-refractivity contribution in [1.82, 2.24) is 9.55 Å². The molecular formula is C14H17N3O4. The molecule has 1 aromatic carbocycles. The lowest BCUT2D eigenvalue weighted by atomic mass is 10.2. The Labute approximate surface area is 122 Å². The van der Waals surface area contributed by atoms with E-state index < -0.39 is 4.92 Å². The van der Waals surface area contributed by atoms with Crippen molar-refractivity contribution in [1.29, 1.82) is 0 Å². The van der Waals surface area contributed by atoms with Crippen LogP contribution in [0, 0.1) is 17.0 Å². The number of hydrogen-bond donors (Lipinski definition) is 0. The molecule has 7 heteroatoms. The van der Waals surface area contributed by atoms with Gasteiger partial charge in [-0.2, -0.15) is 0 Å². The predicted octanol–water partition coefficient (Wildman–Crippen LogP) is 2.20. The average molecular weight is 291 g/mol. The Bertz CT molecular complexity index is 584. The number of hydrogen-bond acceptors (Lipinski definition) is 5. The van der Waals surface area contributed by atoms with E-state index in [0.717, 1.165) is 5.56 Å². The topological polar surface area (TPSA) is 79.4 Å². The zero-order valence-electron chi connectivity index (χ0n) is 11.8. The van der Waals surface area contributed by atoms with Gasteiger partial charge in [0.15, 0.2) is 5.75 Å². The maximum atomic E-state index is 10.9. The van der Waals surface area contributed by atoms with Gasteiger partial charge in [-0.25, -0.2) is 4.98 Å². The summed E-state index contributed by atoms with van der Waals surface area (Å²) in [7, 11) is 0. The van der Waals surface area contributed by atoms with E-state index in [9.17, 15) is 10.1 Å². The van der Waals surface area contributed by atoms with Crippen molar-refractivity contribution in [2.24, 2.45) is 0 Å². The van der Waals surface area contributed by atoms with Gasteiger partial charge in [0.2, 0.25) is 0 Å². The fourth-order valence-electron chi connectivity index (χ4n) is 1.79. The second kappa shape index (κ2) is 7.39. The number of ether oxygens (including phenoxy) is 2. The van der Waals surface area contributed by atoms with E-state index in [-0.39, 0.29) is 18.0 Å². The fraction of sp³-hybridized carbons (Fsp3) is 0.357. The molecule has 0 amide bonds. The summed E-state index contributed by atoms with van der Waals surface area (Å²) in [4.78, 5) is 14.4. The van der Waals surface area contributed by atoms with E-state index in [1.807, 2.05) is 10.8 Å². The van der Waals surface area contributed by atoms with Gasteiger partial charge in [-0.05, 0) is 18.6 Å². The molecule has 0 radical (unpaired) electrons. The summed E-state index contributed by atoms with van der Waals surface area (Å²) >= 11 is 0. The molecule has 0 aliphatic heterocycles. The van der Waals surface area contributed by atoms with Gasteiger partial charge in [0.1, 0.15) is 6.61 Å². The summed E-state index contributed by atoms with van der Waals surface area (Å²) in [5, 5.41) is 10.9. The lowest BCUT2D eigenvalue weighted by Crippen LogP contribution is -2.11. The summed E-state index contributed by atoms with van der Waals surface area (Å²) < 4.78 is 12.7. The maximum Gasteiger partial charge on any atom is 0.311 e. The quantitative estimate of drug-likeness (QED) is 0.423. The second-order valence-corrected chi connectivity index (χ2v) is 4.49. The molecule has 112 valence electrons. The molecule has 0 aliphatic carbocycles. The van der Waals surface area contributed by atoms with Crippen molar-refractivity contribution >= 4 is 5.69 Å². The molecule has 2 aromatic rings. The van der Waals surface area contributed by atoms with E-state index in [4.69, 9.17) is 9.47 Å². The van der Waals surface area contributed by atoms with E-state index in [2.05, 4.69) is 4.98 Å². The molecule has 0 spiro atoms. The van der Waals surface area contributed by atoms with Crippen LogP contribution in [0.1, 0.15) is 5.56 Å². The van der Waals surface area contributed by atoms with Crippen molar-refractivity contribution < 1.29 is 14.4 Å². The number of nitro groups is 1. The minimum atomic E-state index is -0.442. The number of nitro benzene ring substituents is 1. The molecule has 0 fully saturated rings. The van der Waals surface area contributed by atoms with Crippen LogP contribution in [0.25, 0.3) is 0 Å². The summed E-state index contributed by atoms with van der Waals surface area (Å²) in [6, 6.07) is 4.89.